The fourth-order valence-electron chi connectivity index (χ4n) is 5.87. The number of rotatable bonds is 6. The van der Waals surface area contributed by atoms with E-state index < -0.39 is 35.6 Å². The largest absolute Gasteiger partial charge is 0.508 e. The summed E-state index contributed by atoms with van der Waals surface area (Å²) in [4.78, 5) is 27.8. The van der Waals surface area contributed by atoms with Crippen LogP contribution in [-0.4, -0.2) is 45.9 Å². The molecular formula is C26H28ClNO6. The molecule has 3 aliphatic rings. The summed E-state index contributed by atoms with van der Waals surface area (Å²) in [5.74, 6) is -3.61. The minimum Gasteiger partial charge on any atom is -0.508 e. The third-order valence-electron chi connectivity index (χ3n) is 7.43. The van der Waals surface area contributed by atoms with Gasteiger partial charge in [-0.3, -0.25) is 14.5 Å². The van der Waals surface area contributed by atoms with E-state index in [9.17, 15) is 19.8 Å². The molecule has 6 atom stereocenters. The first-order valence-corrected chi connectivity index (χ1v) is 12.1. The third-order valence-corrected chi connectivity index (χ3v) is 7.75. The zero-order valence-corrected chi connectivity index (χ0v) is 19.6. The van der Waals surface area contributed by atoms with Crippen LogP contribution in [0.5, 0.6) is 11.5 Å². The highest BCUT2D eigenvalue weighted by Crippen LogP contribution is 2.58. The zero-order chi connectivity index (χ0) is 24.0. The molecular weight excluding hydrogens is 458 g/mol. The molecule has 2 aromatic rings. The smallest absolute Gasteiger partial charge is 0.233 e. The second-order valence-corrected chi connectivity index (χ2v) is 9.83. The Labute approximate surface area is 203 Å². The van der Waals surface area contributed by atoms with Gasteiger partial charge in [-0.2, -0.15) is 0 Å². The highest BCUT2D eigenvalue weighted by Gasteiger charge is 2.66. The fraction of sp³-hybridized carbons (Fsp3) is 0.462. The molecule has 2 N–H and O–H groups in total. The lowest BCUT2D eigenvalue weighted by Crippen LogP contribution is -2.55. The van der Waals surface area contributed by atoms with Crippen LogP contribution in [0.15, 0.2) is 48.5 Å². The molecule has 5 rings (SSSR count). The van der Waals surface area contributed by atoms with Gasteiger partial charge in [0.2, 0.25) is 11.8 Å². The lowest BCUT2D eigenvalue weighted by atomic mass is 9.64. The average molecular weight is 486 g/mol. The molecule has 1 aliphatic carbocycles. The monoisotopic (exact) mass is 485 g/mol. The number of phenolic OH excluding ortho intramolecular Hbond substituents is 1. The Balaban J connectivity index is 1.49. The number of benzene rings is 2. The van der Waals surface area contributed by atoms with E-state index in [-0.39, 0.29) is 24.2 Å². The molecule has 0 radical (unpaired) electrons. The van der Waals surface area contributed by atoms with Crippen LogP contribution in [0.4, 0.5) is 0 Å². The summed E-state index contributed by atoms with van der Waals surface area (Å²) in [6, 6.07) is 13.9. The molecule has 2 amide bonds. The Morgan fingerprint density at radius 3 is 2.62 bits per heavy atom. The van der Waals surface area contributed by atoms with E-state index in [0.29, 0.717) is 42.1 Å². The highest BCUT2D eigenvalue weighted by molar-refractivity contribution is 6.31. The van der Waals surface area contributed by atoms with Gasteiger partial charge < -0.3 is 19.7 Å². The second kappa shape index (κ2) is 8.87. The third kappa shape index (κ3) is 3.76. The normalized spacial score (nSPS) is 32.6. The van der Waals surface area contributed by atoms with Crippen molar-refractivity contribution < 1.29 is 29.3 Å². The van der Waals surface area contributed by atoms with Gasteiger partial charge in [-0.1, -0.05) is 42.8 Å². The maximum atomic E-state index is 13.3. The number of fused-ring (bicyclic) bond motifs is 3. The SMILES string of the molecule is CCCN1C(=O)[C@H]2[C@H](C[C@H](COc3ccccc3)[C@@]3(O)O[C@H](c4ccc(O)cc4Cl)C[C@@H]23)C1=O. The number of carbonyl (C=O) groups excluding carboxylic acids is 2. The summed E-state index contributed by atoms with van der Waals surface area (Å²) in [7, 11) is 0. The van der Waals surface area contributed by atoms with E-state index in [4.69, 9.17) is 21.1 Å². The van der Waals surface area contributed by atoms with Crippen molar-refractivity contribution in [2.45, 2.75) is 38.1 Å². The summed E-state index contributed by atoms with van der Waals surface area (Å²) in [6.07, 6.45) is 0.729. The number of amides is 2. The molecule has 2 saturated heterocycles. The van der Waals surface area contributed by atoms with E-state index in [1.807, 2.05) is 37.3 Å². The Morgan fingerprint density at radius 2 is 1.91 bits per heavy atom. The Bertz CT molecular complexity index is 1090. The maximum absolute atomic E-state index is 13.3. The van der Waals surface area contributed by atoms with E-state index in [1.165, 1.54) is 17.0 Å². The number of likely N-dealkylation sites (tertiary alicyclic amines) is 1. The van der Waals surface area contributed by atoms with Crippen molar-refractivity contribution >= 4 is 23.4 Å². The standard InChI is InChI=1S/C26H28ClNO6/c1-2-10-28-24(30)19-11-15(14-33-17-6-4-3-5-7-17)26(32)20(23(19)25(28)31)13-22(34-26)18-9-8-16(29)12-21(18)27/h3-9,12,15,19-20,22-23,29,32H,2,10-11,13-14H2,1H3/t15-,19+,20+,22+,23+,26-/m1/s1. The van der Waals surface area contributed by atoms with E-state index in [2.05, 4.69) is 0 Å². The number of carbonyl (C=O) groups is 2. The van der Waals surface area contributed by atoms with Gasteiger partial charge in [-0.05, 0) is 49.1 Å². The summed E-state index contributed by atoms with van der Waals surface area (Å²) in [5, 5.41) is 22.0. The van der Waals surface area contributed by atoms with Gasteiger partial charge in [-0.15, -0.1) is 0 Å². The highest BCUT2D eigenvalue weighted by atomic mass is 35.5. The number of para-hydroxylation sites is 1. The van der Waals surface area contributed by atoms with Gasteiger partial charge in [0.15, 0.2) is 5.79 Å². The predicted molar refractivity (Wildman–Crippen MR) is 124 cm³/mol. The molecule has 1 saturated carbocycles. The number of aliphatic hydroxyl groups is 1. The van der Waals surface area contributed by atoms with Crippen LogP contribution in [0.25, 0.3) is 0 Å². The first kappa shape index (κ1) is 23.1. The quantitative estimate of drug-likeness (QED) is 0.602. The number of imide groups is 1. The molecule has 7 nitrogen and oxygen atoms in total. The summed E-state index contributed by atoms with van der Waals surface area (Å²) >= 11 is 6.38. The lowest BCUT2D eigenvalue weighted by Gasteiger charge is -2.44. The summed E-state index contributed by atoms with van der Waals surface area (Å²) < 4.78 is 12.3. The molecule has 2 aliphatic heterocycles. The topological polar surface area (TPSA) is 96.3 Å². The molecule has 0 bridgehead atoms. The van der Waals surface area contributed by atoms with E-state index in [0.717, 1.165) is 0 Å². The molecule has 3 fully saturated rings. The zero-order valence-electron chi connectivity index (χ0n) is 18.9. The van der Waals surface area contributed by atoms with Gasteiger partial charge in [0.1, 0.15) is 11.5 Å². The van der Waals surface area contributed by atoms with Crippen LogP contribution in [-0.2, 0) is 14.3 Å². The number of hydrogen-bond donors (Lipinski definition) is 2. The van der Waals surface area contributed by atoms with Crippen molar-refractivity contribution in [3.63, 3.8) is 0 Å². The van der Waals surface area contributed by atoms with Gasteiger partial charge in [-0.25, -0.2) is 0 Å². The minimum absolute atomic E-state index is 0.0313. The van der Waals surface area contributed by atoms with Gasteiger partial charge >= 0.3 is 0 Å². The minimum atomic E-state index is -1.65. The van der Waals surface area contributed by atoms with Crippen molar-refractivity contribution in [2.75, 3.05) is 13.2 Å². The van der Waals surface area contributed by atoms with E-state index >= 15 is 0 Å². The fourth-order valence-corrected chi connectivity index (χ4v) is 6.16. The first-order chi connectivity index (χ1) is 16.3. The molecule has 2 aromatic carbocycles. The molecule has 8 heteroatoms. The van der Waals surface area contributed by atoms with Gasteiger partial charge in [0.05, 0.1) is 29.6 Å². The van der Waals surface area contributed by atoms with Crippen molar-refractivity contribution in [3.8, 4) is 11.5 Å². The van der Waals surface area contributed by atoms with Crippen molar-refractivity contribution in [1.29, 1.82) is 0 Å². The van der Waals surface area contributed by atoms with E-state index in [1.54, 1.807) is 6.07 Å². The number of aromatic hydroxyl groups is 1. The predicted octanol–water partition coefficient (Wildman–Crippen LogP) is 3.92. The number of nitrogens with zero attached hydrogens (tertiary/aromatic N) is 1. The van der Waals surface area contributed by atoms with Crippen LogP contribution in [0, 0.1) is 23.7 Å². The lowest BCUT2D eigenvalue weighted by molar-refractivity contribution is -0.272. The van der Waals surface area contributed by atoms with Crippen LogP contribution in [0.1, 0.15) is 37.9 Å². The van der Waals surface area contributed by atoms with Crippen molar-refractivity contribution in [1.82, 2.24) is 4.90 Å². The molecule has 180 valence electrons. The van der Waals surface area contributed by atoms with Crippen LogP contribution in [0.3, 0.4) is 0 Å². The number of phenols is 1. The van der Waals surface area contributed by atoms with Crippen LogP contribution in [0.2, 0.25) is 5.02 Å². The summed E-state index contributed by atoms with van der Waals surface area (Å²) in [5.41, 5.74) is 0.628. The first-order valence-electron chi connectivity index (χ1n) is 11.7. The average Bonchev–Trinajstić information content (AvgIpc) is 3.28. The molecule has 0 unspecified atom stereocenters. The second-order valence-electron chi connectivity index (χ2n) is 9.42. The van der Waals surface area contributed by atoms with Gasteiger partial charge in [0.25, 0.3) is 0 Å². The Kier molecular flexibility index (Phi) is 6.04. The Hall–Kier alpha value is -2.61. The number of ether oxygens (including phenoxy) is 2. The molecule has 0 spiro atoms. The number of hydrogen-bond acceptors (Lipinski definition) is 6. The van der Waals surface area contributed by atoms with Crippen LogP contribution >= 0.6 is 11.6 Å². The van der Waals surface area contributed by atoms with Gasteiger partial charge in [0, 0.05) is 18.4 Å². The van der Waals surface area contributed by atoms with Crippen molar-refractivity contribution in [3.05, 3.63) is 59.1 Å². The van der Waals surface area contributed by atoms with Crippen LogP contribution < -0.4 is 4.74 Å². The molecule has 2 heterocycles. The molecule has 0 aromatic heterocycles. The Morgan fingerprint density at radius 1 is 1.15 bits per heavy atom. The maximum Gasteiger partial charge on any atom is 0.233 e. The molecule has 34 heavy (non-hydrogen) atoms. The number of halogens is 1. The van der Waals surface area contributed by atoms with Crippen molar-refractivity contribution in [2.24, 2.45) is 23.7 Å². The summed E-state index contributed by atoms with van der Waals surface area (Å²) in [6.45, 7) is 2.44.